The molecule has 1 aliphatic heterocycles. The van der Waals surface area contributed by atoms with Gasteiger partial charge >= 0.3 is 0 Å². The number of carbonyl (C=O) groups is 1. The molecule has 1 saturated heterocycles. The molecule has 3 aromatic rings. The van der Waals surface area contributed by atoms with Crippen molar-refractivity contribution in [2.75, 3.05) is 6.54 Å². The molecule has 4 heterocycles. The van der Waals surface area contributed by atoms with Gasteiger partial charge in [0, 0.05) is 36.1 Å². The van der Waals surface area contributed by atoms with Gasteiger partial charge in [-0.2, -0.15) is 5.10 Å². The second kappa shape index (κ2) is 8.49. The lowest BCUT2D eigenvalue weighted by molar-refractivity contribution is 0.0692. The van der Waals surface area contributed by atoms with Gasteiger partial charge in [0.05, 0.1) is 11.4 Å². The van der Waals surface area contributed by atoms with Gasteiger partial charge in [0.25, 0.3) is 5.91 Å². The van der Waals surface area contributed by atoms with E-state index in [9.17, 15) is 9.90 Å². The summed E-state index contributed by atoms with van der Waals surface area (Å²) >= 11 is 0. The second-order valence-electron chi connectivity index (χ2n) is 7.90. The summed E-state index contributed by atoms with van der Waals surface area (Å²) in [4.78, 5) is 24.0. The Kier molecular flexibility index (Phi) is 5.78. The van der Waals surface area contributed by atoms with Gasteiger partial charge in [-0.05, 0) is 44.4 Å². The number of likely N-dealkylation sites (tertiary alicyclic amines) is 1. The molecule has 0 spiro atoms. The number of amides is 1. The van der Waals surface area contributed by atoms with E-state index in [1.54, 1.807) is 16.8 Å². The molecule has 0 aromatic carbocycles. The number of hydrogen-bond donors (Lipinski definition) is 2. The number of aromatic nitrogens is 4. The topological polar surface area (TPSA) is 110 Å². The molecule has 0 saturated carbocycles. The average molecular weight is 409 g/mol. The Morgan fingerprint density at radius 1 is 1.30 bits per heavy atom. The molecular formula is C22H28N6O2. The first-order chi connectivity index (χ1) is 14.5. The summed E-state index contributed by atoms with van der Waals surface area (Å²) in [6.07, 6.45) is 5.65. The summed E-state index contributed by atoms with van der Waals surface area (Å²) in [7, 11) is 0. The largest absolute Gasteiger partial charge is 0.373 e. The predicted octanol–water partition coefficient (Wildman–Crippen LogP) is 2.71. The Morgan fingerprint density at radius 3 is 2.83 bits per heavy atom. The highest BCUT2D eigenvalue weighted by atomic mass is 16.3. The third-order valence-corrected chi connectivity index (χ3v) is 5.78. The molecule has 3 aromatic heterocycles. The van der Waals surface area contributed by atoms with Gasteiger partial charge in [0.15, 0.2) is 5.65 Å². The van der Waals surface area contributed by atoms with Crippen LogP contribution in [-0.4, -0.2) is 48.1 Å². The van der Waals surface area contributed by atoms with E-state index in [4.69, 9.17) is 5.73 Å². The number of nitrogens with two attached hydrogens (primary N) is 1. The maximum absolute atomic E-state index is 13.2. The molecule has 30 heavy (non-hydrogen) atoms. The normalized spacial score (nSPS) is 18.4. The van der Waals surface area contributed by atoms with Gasteiger partial charge in [-0.15, -0.1) is 0 Å². The zero-order valence-corrected chi connectivity index (χ0v) is 17.5. The minimum absolute atomic E-state index is 0.00713. The van der Waals surface area contributed by atoms with Gasteiger partial charge in [0.1, 0.15) is 11.9 Å². The first-order valence-corrected chi connectivity index (χ1v) is 10.6. The average Bonchev–Trinajstić information content (AvgIpc) is 3.07. The maximum atomic E-state index is 13.2. The Morgan fingerprint density at radius 2 is 2.13 bits per heavy atom. The van der Waals surface area contributed by atoms with Crippen molar-refractivity contribution in [2.45, 2.75) is 58.2 Å². The van der Waals surface area contributed by atoms with Crippen LogP contribution in [0.5, 0.6) is 0 Å². The van der Waals surface area contributed by atoms with E-state index >= 15 is 0 Å². The minimum atomic E-state index is -1.11. The lowest BCUT2D eigenvalue weighted by atomic mass is 10.1. The Balaban J connectivity index is 1.70. The fourth-order valence-corrected chi connectivity index (χ4v) is 3.99. The molecule has 1 aliphatic rings. The standard InChI is InChI=1S/C22H28N6O2/c1-3-16-11-19(22(30)27-10-6-4-5-7-14(27)2)25-20-12-18(26-28(16)20)15-8-9-17(21(23)29)24-13-15/h8-9,11-14,21,29H,3-7,10,23H2,1-2H3. The lowest BCUT2D eigenvalue weighted by Crippen LogP contribution is -2.38. The van der Waals surface area contributed by atoms with Crippen molar-refractivity contribution in [2.24, 2.45) is 5.73 Å². The van der Waals surface area contributed by atoms with E-state index in [2.05, 4.69) is 22.0 Å². The van der Waals surface area contributed by atoms with Crippen LogP contribution in [0.4, 0.5) is 0 Å². The van der Waals surface area contributed by atoms with Crippen LogP contribution >= 0.6 is 0 Å². The summed E-state index contributed by atoms with van der Waals surface area (Å²) in [6, 6.07) is 7.43. The summed E-state index contributed by atoms with van der Waals surface area (Å²) in [5, 5.41) is 14.1. The van der Waals surface area contributed by atoms with Crippen LogP contribution in [-0.2, 0) is 6.42 Å². The van der Waals surface area contributed by atoms with Gasteiger partial charge in [-0.1, -0.05) is 19.8 Å². The molecule has 4 rings (SSSR count). The highest BCUT2D eigenvalue weighted by Crippen LogP contribution is 2.23. The third-order valence-electron chi connectivity index (χ3n) is 5.78. The zero-order valence-electron chi connectivity index (χ0n) is 17.5. The molecule has 1 amide bonds. The van der Waals surface area contributed by atoms with Crippen molar-refractivity contribution >= 4 is 11.6 Å². The minimum Gasteiger partial charge on any atom is -0.373 e. The SMILES string of the molecule is CCc1cc(C(=O)N2CCCCCC2C)nc2cc(-c3ccc(C(N)O)nc3)nn12. The van der Waals surface area contributed by atoms with E-state index < -0.39 is 6.23 Å². The summed E-state index contributed by atoms with van der Waals surface area (Å²) in [6.45, 7) is 4.94. The van der Waals surface area contributed by atoms with Crippen LogP contribution in [0.3, 0.4) is 0 Å². The van der Waals surface area contributed by atoms with Crippen molar-refractivity contribution in [1.82, 2.24) is 24.5 Å². The van der Waals surface area contributed by atoms with Gasteiger partial charge in [-0.3, -0.25) is 9.78 Å². The van der Waals surface area contributed by atoms with Gasteiger partial charge < -0.3 is 15.7 Å². The Labute approximate surface area is 175 Å². The monoisotopic (exact) mass is 408 g/mol. The summed E-state index contributed by atoms with van der Waals surface area (Å²) in [5.74, 6) is -0.00713. The fraction of sp³-hybridized carbons (Fsp3) is 0.455. The number of fused-ring (bicyclic) bond motifs is 1. The third kappa shape index (κ3) is 3.93. The van der Waals surface area contributed by atoms with Gasteiger partial charge in [0.2, 0.25) is 0 Å². The Hall–Kier alpha value is -2.84. The highest BCUT2D eigenvalue weighted by Gasteiger charge is 2.25. The molecule has 2 atom stereocenters. The first kappa shape index (κ1) is 20.4. The zero-order chi connectivity index (χ0) is 21.3. The molecule has 3 N–H and O–H groups in total. The van der Waals surface area contributed by atoms with Crippen molar-refractivity contribution in [3.63, 3.8) is 0 Å². The molecule has 0 bridgehead atoms. The van der Waals surface area contributed by atoms with Crippen LogP contribution < -0.4 is 5.73 Å². The van der Waals surface area contributed by atoms with Crippen LogP contribution in [0.1, 0.15) is 67.6 Å². The van der Waals surface area contributed by atoms with E-state index in [1.807, 2.05) is 30.0 Å². The predicted molar refractivity (Wildman–Crippen MR) is 114 cm³/mol. The Bertz CT molecular complexity index is 1040. The molecule has 8 nitrogen and oxygen atoms in total. The first-order valence-electron chi connectivity index (χ1n) is 10.6. The van der Waals surface area contributed by atoms with E-state index in [0.29, 0.717) is 22.7 Å². The number of aliphatic hydroxyl groups excluding tert-OH is 1. The van der Waals surface area contributed by atoms with Crippen LogP contribution in [0.15, 0.2) is 30.5 Å². The molecule has 158 valence electrons. The van der Waals surface area contributed by atoms with E-state index in [-0.39, 0.29) is 11.9 Å². The summed E-state index contributed by atoms with van der Waals surface area (Å²) < 4.78 is 1.78. The van der Waals surface area contributed by atoms with Crippen LogP contribution in [0.25, 0.3) is 16.9 Å². The number of aryl methyl sites for hydroxylation is 1. The van der Waals surface area contributed by atoms with Gasteiger partial charge in [-0.25, -0.2) is 9.50 Å². The number of aliphatic hydroxyl groups is 1. The molecule has 0 aliphatic carbocycles. The maximum Gasteiger partial charge on any atom is 0.272 e. The molecule has 1 fully saturated rings. The smallest absolute Gasteiger partial charge is 0.272 e. The number of rotatable bonds is 4. The number of nitrogens with zero attached hydrogens (tertiary/aromatic N) is 5. The van der Waals surface area contributed by atoms with Crippen LogP contribution in [0, 0.1) is 0 Å². The number of carbonyl (C=O) groups excluding carboxylic acids is 1. The fourth-order valence-electron chi connectivity index (χ4n) is 3.99. The molecular weight excluding hydrogens is 380 g/mol. The van der Waals surface area contributed by atoms with Crippen molar-refractivity contribution < 1.29 is 9.90 Å². The van der Waals surface area contributed by atoms with Crippen molar-refractivity contribution in [3.05, 3.63) is 47.5 Å². The van der Waals surface area contributed by atoms with Crippen molar-refractivity contribution in [1.29, 1.82) is 0 Å². The quantitative estimate of drug-likeness (QED) is 0.643. The number of pyridine rings is 1. The van der Waals surface area contributed by atoms with E-state index in [0.717, 1.165) is 43.5 Å². The van der Waals surface area contributed by atoms with E-state index in [1.165, 1.54) is 6.42 Å². The van der Waals surface area contributed by atoms with Crippen molar-refractivity contribution in [3.8, 4) is 11.3 Å². The molecule has 8 heteroatoms. The number of hydrogen-bond acceptors (Lipinski definition) is 6. The second-order valence-corrected chi connectivity index (χ2v) is 7.90. The summed E-state index contributed by atoms with van der Waals surface area (Å²) in [5.41, 5.74) is 9.39. The molecule has 0 radical (unpaired) electrons. The lowest BCUT2D eigenvalue weighted by Gasteiger charge is -2.27. The highest BCUT2D eigenvalue weighted by molar-refractivity contribution is 5.93. The van der Waals surface area contributed by atoms with Crippen LogP contribution in [0.2, 0.25) is 0 Å². The molecule has 2 unspecified atom stereocenters.